The number of thiazole rings is 1. The zero-order valence-corrected chi connectivity index (χ0v) is 17.3. The van der Waals surface area contributed by atoms with Crippen LogP contribution in [-0.4, -0.2) is 35.8 Å². The summed E-state index contributed by atoms with van der Waals surface area (Å²) in [5.74, 6) is 1.65. The first-order valence-electron chi connectivity index (χ1n) is 8.87. The summed E-state index contributed by atoms with van der Waals surface area (Å²) >= 11 is 6.60. The Morgan fingerprint density at radius 2 is 2.25 bits per heavy atom. The van der Waals surface area contributed by atoms with Gasteiger partial charge < -0.3 is 9.84 Å². The molecule has 0 radical (unpaired) electrons. The Morgan fingerprint density at radius 3 is 3.00 bits per heavy atom. The maximum atomic E-state index is 12.3. The molecule has 0 bridgehead atoms. The summed E-state index contributed by atoms with van der Waals surface area (Å²) < 4.78 is 7.49. The molecule has 3 rings (SSSR count). The van der Waals surface area contributed by atoms with Gasteiger partial charge in [0.1, 0.15) is 0 Å². The molecule has 0 aliphatic heterocycles. The van der Waals surface area contributed by atoms with Crippen molar-refractivity contribution in [2.24, 2.45) is 0 Å². The molecule has 9 nitrogen and oxygen atoms in total. The van der Waals surface area contributed by atoms with Gasteiger partial charge in [0.25, 0.3) is 0 Å². The summed E-state index contributed by atoms with van der Waals surface area (Å²) in [4.78, 5) is 21.8. The SMILES string of the molecule is C=CCn1c(-c2sc(NC(=O)CCc3nc(CCC)no3)nc2C)n[nH]c1=S. The van der Waals surface area contributed by atoms with Crippen LogP contribution in [-0.2, 0) is 24.2 Å². The largest absolute Gasteiger partial charge is 0.339 e. The van der Waals surface area contributed by atoms with Crippen LogP contribution in [0.4, 0.5) is 5.13 Å². The van der Waals surface area contributed by atoms with E-state index in [-0.39, 0.29) is 12.3 Å². The minimum absolute atomic E-state index is 0.166. The van der Waals surface area contributed by atoms with Crippen molar-refractivity contribution in [3.8, 4) is 10.7 Å². The molecular weight excluding hydrogens is 398 g/mol. The zero-order valence-electron chi connectivity index (χ0n) is 15.7. The predicted octanol–water partition coefficient (Wildman–Crippen LogP) is 3.47. The molecule has 0 atom stereocenters. The van der Waals surface area contributed by atoms with E-state index >= 15 is 0 Å². The van der Waals surface area contributed by atoms with Gasteiger partial charge in [0.05, 0.1) is 10.6 Å². The molecule has 2 N–H and O–H groups in total. The number of carbonyl (C=O) groups is 1. The highest BCUT2D eigenvalue weighted by atomic mass is 32.1. The lowest BCUT2D eigenvalue weighted by atomic mass is 10.3. The van der Waals surface area contributed by atoms with E-state index in [1.54, 1.807) is 6.08 Å². The first-order valence-corrected chi connectivity index (χ1v) is 10.1. The third-order valence-corrected chi connectivity index (χ3v) is 5.25. The first-order chi connectivity index (χ1) is 13.5. The van der Waals surface area contributed by atoms with Crippen molar-refractivity contribution in [3.05, 3.63) is 34.8 Å². The van der Waals surface area contributed by atoms with Crippen molar-refractivity contribution < 1.29 is 9.32 Å². The number of nitrogens with zero attached hydrogens (tertiary/aromatic N) is 5. The Kier molecular flexibility index (Phi) is 6.47. The average molecular weight is 420 g/mol. The number of aryl methyl sites for hydroxylation is 3. The molecule has 3 aromatic rings. The van der Waals surface area contributed by atoms with Crippen molar-refractivity contribution in [2.75, 3.05) is 5.32 Å². The van der Waals surface area contributed by atoms with Gasteiger partial charge in [-0.3, -0.25) is 14.5 Å². The number of H-pyrrole nitrogens is 1. The number of anilines is 1. The van der Waals surface area contributed by atoms with Crippen LogP contribution in [0.3, 0.4) is 0 Å². The van der Waals surface area contributed by atoms with Gasteiger partial charge >= 0.3 is 0 Å². The van der Waals surface area contributed by atoms with Crippen LogP contribution in [0.25, 0.3) is 10.7 Å². The molecule has 11 heteroatoms. The number of hydrogen-bond acceptors (Lipinski definition) is 8. The maximum absolute atomic E-state index is 12.3. The molecule has 0 unspecified atom stereocenters. The van der Waals surface area contributed by atoms with Gasteiger partial charge in [0, 0.05) is 25.8 Å². The van der Waals surface area contributed by atoms with Crippen molar-refractivity contribution >= 4 is 34.6 Å². The minimum atomic E-state index is -0.166. The molecule has 3 heterocycles. The molecule has 0 fully saturated rings. The number of hydrogen-bond donors (Lipinski definition) is 2. The van der Waals surface area contributed by atoms with Crippen molar-refractivity contribution in [1.29, 1.82) is 0 Å². The number of rotatable bonds is 9. The van der Waals surface area contributed by atoms with Crippen LogP contribution in [0, 0.1) is 11.7 Å². The molecule has 0 spiro atoms. The third kappa shape index (κ3) is 4.60. The fraction of sp³-hybridized carbons (Fsp3) is 0.412. The average Bonchev–Trinajstić information content (AvgIpc) is 3.35. The summed E-state index contributed by atoms with van der Waals surface area (Å²) in [7, 11) is 0. The minimum Gasteiger partial charge on any atom is -0.339 e. The summed E-state index contributed by atoms with van der Waals surface area (Å²) in [5.41, 5.74) is 0.765. The lowest BCUT2D eigenvalue weighted by Crippen LogP contribution is -2.12. The summed E-state index contributed by atoms with van der Waals surface area (Å²) in [6, 6.07) is 0. The van der Waals surface area contributed by atoms with Crippen LogP contribution in [0.1, 0.15) is 37.2 Å². The monoisotopic (exact) mass is 419 g/mol. The van der Waals surface area contributed by atoms with E-state index in [1.807, 2.05) is 18.4 Å². The van der Waals surface area contributed by atoms with Gasteiger partial charge in [-0.2, -0.15) is 10.1 Å². The first kappa shape index (κ1) is 20.1. The van der Waals surface area contributed by atoms with Crippen LogP contribution in [0.2, 0.25) is 0 Å². The van der Waals surface area contributed by atoms with E-state index in [1.165, 1.54) is 11.3 Å². The Balaban J connectivity index is 1.65. The normalized spacial score (nSPS) is 10.9. The second-order valence-electron chi connectivity index (χ2n) is 6.09. The number of aromatic nitrogens is 6. The van der Waals surface area contributed by atoms with Crippen LogP contribution >= 0.6 is 23.6 Å². The van der Waals surface area contributed by atoms with Crippen molar-refractivity contribution in [1.82, 2.24) is 29.9 Å². The number of allylic oxidation sites excluding steroid dienone is 1. The van der Waals surface area contributed by atoms with E-state index in [4.69, 9.17) is 16.7 Å². The molecule has 0 aromatic carbocycles. The van der Waals surface area contributed by atoms with E-state index in [2.05, 4.69) is 37.2 Å². The van der Waals surface area contributed by atoms with Crippen molar-refractivity contribution in [2.45, 2.75) is 46.1 Å². The van der Waals surface area contributed by atoms with Gasteiger partial charge in [-0.25, -0.2) is 4.98 Å². The molecule has 0 aliphatic carbocycles. The molecule has 0 saturated heterocycles. The highest BCUT2D eigenvalue weighted by Gasteiger charge is 2.17. The lowest BCUT2D eigenvalue weighted by molar-refractivity contribution is -0.116. The number of nitrogens with one attached hydrogen (secondary N) is 2. The highest BCUT2D eigenvalue weighted by molar-refractivity contribution is 7.71. The fourth-order valence-corrected chi connectivity index (χ4v) is 3.75. The zero-order chi connectivity index (χ0) is 20.1. The van der Waals surface area contributed by atoms with Gasteiger partial charge in [-0.15, -0.1) is 6.58 Å². The fourth-order valence-electron chi connectivity index (χ4n) is 2.57. The molecule has 0 saturated carbocycles. The predicted molar refractivity (Wildman–Crippen MR) is 109 cm³/mol. The standard InChI is InChI=1S/C17H21N7O2S2/c1-4-6-11-19-13(26-23-11)8-7-12(25)20-16-18-10(3)14(28-16)15-21-22-17(27)24(15)9-5-2/h5H,2,4,6-9H2,1,3H3,(H,22,27)(H,18,20,25). The topological polar surface area (TPSA) is 115 Å². The van der Waals surface area contributed by atoms with Gasteiger partial charge in [0.15, 0.2) is 21.6 Å². The Hall–Kier alpha value is -2.66. The molecule has 3 aromatic heterocycles. The van der Waals surface area contributed by atoms with Crippen molar-refractivity contribution in [3.63, 3.8) is 0 Å². The number of amides is 1. The summed E-state index contributed by atoms with van der Waals surface area (Å²) in [5, 5.41) is 14.3. The quantitative estimate of drug-likeness (QED) is 0.403. The molecular formula is C17H21N7O2S2. The lowest BCUT2D eigenvalue weighted by Gasteiger charge is -2.01. The highest BCUT2D eigenvalue weighted by Crippen LogP contribution is 2.31. The number of aromatic amines is 1. The summed E-state index contributed by atoms with van der Waals surface area (Å²) in [6.07, 6.45) is 4.08. The second kappa shape index (κ2) is 9.02. The second-order valence-corrected chi connectivity index (χ2v) is 7.47. The van der Waals surface area contributed by atoms with Crippen LogP contribution in [0.15, 0.2) is 17.2 Å². The van der Waals surface area contributed by atoms with Gasteiger partial charge in [0.2, 0.25) is 11.8 Å². The molecule has 0 aliphatic rings. The van der Waals surface area contributed by atoms with Crippen LogP contribution < -0.4 is 5.32 Å². The smallest absolute Gasteiger partial charge is 0.227 e. The van der Waals surface area contributed by atoms with E-state index in [0.717, 1.165) is 23.4 Å². The van der Waals surface area contributed by atoms with Gasteiger partial charge in [-0.1, -0.05) is 29.5 Å². The molecule has 148 valence electrons. The number of carbonyl (C=O) groups excluding carboxylic acids is 1. The Morgan fingerprint density at radius 1 is 1.43 bits per heavy atom. The Bertz CT molecular complexity index is 1030. The molecule has 28 heavy (non-hydrogen) atoms. The maximum Gasteiger partial charge on any atom is 0.227 e. The van der Waals surface area contributed by atoms with E-state index < -0.39 is 0 Å². The third-order valence-electron chi connectivity index (χ3n) is 3.87. The van der Waals surface area contributed by atoms with Gasteiger partial charge in [-0.05, 0) is 25.6 Å². The van der Waals surface area contributed by atoms with E-state index in [9.17, 15) is 4.79 Å². The Labute approximate surface area is 170 Å². The van der Waals surface area contributed by atoms with E-state index in [0.29, 0.717) is 40.4 Å². The van der Waals surface area contributed by atoms with Crippen LogP contribution in [0.5, 0.6) is 0 Å². The summed E-state index contributed by atoms with van der Waals surface area (Å²) in [6.45, 7) is 8.19. The molecule has 1 amide bonds.